The summed E-state index contributed by atoms with van der Waals surface area (Å²) in [5.41, 5.74) is -0.402. The van der Waals surface area contributed by atoms with E-state index in [1.54, 1.807) is 0 Å². The molecule has 0 aliphatic heterocycles. The van der Waals surface area contributed by atoms with Crippen LogP contribution in [0, 0.1) is 0 Å². The molecule has 0 atom stereocenters. The van der Waals surface area contributed by atoms with Gasteiger partial charge < -0.3 is 18.9 Å². The number of rotatable bonds is 6. The Morgan fingerprint density at radius 3 is 1.20 bits per heavy atom. The lowest BCUT2D eigenvalue weighted by molar-refractivity contribution is -0.0774. The fourth-order valence-corrected chi connectivity index (χ4v) is 1.18. The summed E-state index contributed by atoms with van der Waals surface area (Å²) in [5, 5.41) is 0. The molecule has 0 spiro atoms. The topological polar surface area (TPSA) is 36.9 Å². The molecule has 1 aromatic rings. The molecule has 0 unspecified atom stereocenters. The van der Waals surface area contributed by atoms with Crippen LogP contribution in [0.15, 0.2) is 24.3 Å². The van der Waals surface area contributed by atoms with Crippen molar-refractivity contribution in [3.05, 3.63) is 24.3 Å². The Hall–Kier alpha value is -1.26. The molecule has 0 bridgehead atoms. The molecule has 0 saturated carbocycles. The molecular formula is C16H26O4. The fraction of sp³-hybridized carbons (Fsp3) is 0.625. The summed E-state index contributed by atoms with van der Waals surface area (Å²) in [5.74, 6) is 1.50. The van der Waals surface area contributed by atoms with Gasteiger partial charge in [-0.25, -0.2) is 0 Å². The Kier molecular flexibility index (Phi) is 5.84. The zero-order chi connectivity index (χ0) is 15.2. The highest BCUT2D eigenvalue weighted by Crippen LogP contribution is 2.19. The van der Waals surface area contributed by atoms with Crippen LogP contribution < -0.4 is 9.47 Å². The minimum atomic E-state index is -0.201. The van der Waals surface area contributed by atoms with Crippen LogP contribution in [0.25, 0.3) is 0 Å². The van der Waals surface area contributed by atoms with Crippen molar-refractivity contribution < 1.29 is 18.9 Å². The van der Waals surface area contributed by atoms with E-state index in [-0.39, 0.29) is 24.8 Å². The molecule has 0 radical (unpaired) electrons. The highest BCUT2D eigenvalue weighted by molar-refractivity contribution is 5.31. The van der Waals surface area contributed by atoms with Gasteiger partial charge in [0.15, 0.2) is 13.6 Å². The molecule has 0 amide bonds. The molecule has 0 heterocycles. The van der Waals surface area contributed by atoms with E-state index in [1.807, 2.05) is 65.8 Å². The third-order valence-corrected chi connectivity index (χ3v) is 2.26. The van der Waals surface area contributed by atoms with E-state index in [4.69, 9.17) is 18.9 Å². The predicted octanol–water partition coefficient (Wildman–Crippen LogP) is 3.99. The average Bonchev–Trinajstić information content (AvgIpc) is 2.28. The van der Waals surface area contributed by atoms with Gasteiger partial charge in [-0.2, -0.15) is 0 Å². The molecule has 114 valence electrons. The summed E-state index contributed by atoms with van der Waals surface area (Å²) >= 11 is 0. The van der Waals surface area contributed by atoms with E-state index in [2.05, 4.69) is 0 Å². The van der Waals surface area contributed by atoms with Gasteiger partial charge in [0.05, 0.1) is 11.2 Å². The third-order valence-electron chi connectivity index (χ3n) is 2.26. The average molecular weight is 282 g/mol. The highest BCUT2D eigenvalue weighted by Gasteiger charge is 2.11. The standard InChI is InChI=1S/C16H26O4/c1-15(2,3)19-11-17-13-7-9-14(10-8-13)18-12-20-16(4,5)6/h7-10H,11-12H2,1-6H3. The molecule has 0 aromatic heterocycles. The van der Waals surface area contributed by atoms with Crippen molar-refractivity contribution in [3.8, 4) is 11.5 Å². The van der Waals surface area contributed by atoms with Crippen LogP contribution in [0.4, 0.5) is 0 Å². The second kappa shape index (κ2) is 6.95. The minimum Gasteiger partial charge on any atom is -0.468 e. The van der Waals surface area contributed by atoms with Crippen molar-refractivity contribution in [3.63, 3.8) is 0 Å². The Labute approximate surface area is 122 Å². The summed E-state index contributed by atoms with van der Waals surface area (Å²) in [4.78, 5) is 0. The van der Waals surface area contributed by atoms with Crippen molar-refractivity contribution >= 4 is 0 Å². The van der Waals surface area contributed by atoms with E-state index < -0.39 is 0 Å². The first-order valence-electron chi connectivity index (χ1n) is 6.79. The quantitative estimate of drug-likeness (QED) is 0.739. The van der Waals surface area contributed by atoms with Gasteiger partial charge in [-0.15, -0.1) is 0 Å². The van der Waals surface area contributed by atoms with Crippen LogP contribution in [0.1, 0.15) is 41.5 Å². The number of hydrogen-bond donors (Lipinski definition) is 0. The van der Waals surface area contributed by atoms with E-state index in [9.17, 15) is 0 Å². The van der Waals surface area contributed by atoms with Gasteiger partial charge in [0, 0.05) is 0 Å². The second-order valence-corrected chi connectivity index (χ2v) is 6.51. The Morgan fingerprint density at radius 2 is 0.950 bits per heavy atom. The van der Waals surface area contributed by atoms with Crippen LogP contribution in [0.2, 0.25) is 0 Å². The van der Waals surface area contributed by atoms with Crippen molar-refractivity contribution in [1.29, 1.82) is 0 Å². The van der Waals surface area contributed by atoms with Gasteiger partial charge in [0.1, 0.15) is 11.5 Å². The molecule has 1 aromatic carbocycles. The fourth-order valence-electron chi connectivity index (χ4n) is 1.18. The zero-order valence-electron chi connectivity index (χ0n) is 13.4. The van der Waals surface area contributed by atoms with E-state index in [0.29, 0.717) is 0 Å². The van der Waals surface area contributed by atoms with Crippen LogP contribution in [-0.4, -0.2) is 24.8 Å². The van der Waals surface area contributed by atoms with Gasteiger partial charge in [-0.3, -0.25) is 0 Å². The van der Waals surface area contributed by atoms with Crippen LogP contribution >= 0.6 is 0 Å². The molecular weight excluding hydrogens is 256 g/mol. The highest BCUT2D eigenvalue weighted by atomic mass is 16.7. The lowest BCUT2D eigenvalue weighted by Gasteiger charge is -2.20. The van der Waals surface area contributed by atoms with Gasteiger partial charge in [0.2, 0.25) is 0 Å². The van der Waals surface area contributed by atoms with Gasteiger partial charge in [0.25, 0.3) is 0 Å². The van der Waals surface area contributed by atoms with Crippen LogP contribution in [-0.2, 0) is 9.47 Å². The Balaban J connectivity index is 2.33. The molecule has 0 N–H and O–H groups in total. The maximum absolute atomic E-state index is 5.49. The Bertz CT molecular complexity index is 345. The summed E-state index contributed by atoms with van der Waals surface area (Å²) in [6.07, 6.45) is 0. The van der Waals surface area contributed by atoms with Crippen molar-refractivity contribution in [1.82, 2.24) is 0 Å². The van der Waals surface area contributed by atoms with Crippen molar-refractivity contribution in [2.75, 3.05) is 13.6 Å². The normalized spacial score (nSPS) is 12.3. The van der Waals surface area contributed by atoms with Crippen LogP contribution in [0.3, 0.4) is 0 Å². The summed E-state index contributed by atoms with van der Waals surface area (Å²) in [6, 6.07) is 7.38. The molecule has 1 rings (SSSR count). The maximum Gasteiger partial charge on any atom is 0.189 e. The monoisotopic (exact) mass is 282 g/mol. The van der Waals surface area contributed by atoms with Gasteiger partial charge >= 0.3 is 0 Å². The summed E-state index contributed by atoms with van der Waals surface area (Å²) in [7, 11) is 0. The summed E-state index contributed by atoms with van der Waals surface area (Å²) in [6.45, 7) is 12.4. The third kappa shape index (κ3) is 8.02. The van der Waals surface area contributed by atoms with Crippen LogP contribution in [0.5, 0.6) is 11.5 Å². The lowest BCUT2D eigenvalue weighted by Crippen LogP contribution is -2.22. The molecule has 0 saturated heterocycles. The van der Waals surface area contributed by atoms with Crippen molar-refractivity contribution in [2.24, 2.45) is 0 Å². The Morgan fingerprint density at radius 1 is 0.650 bits per heavy atom. The first-order valence-corrected chi connectivity index (χ1v) is 6.79. The molecule has 0 aliphatic rings. The summed E-state index contributed by atoms with van der Waals surface area (Å²) < 4.78 is 22.0. The van der Waals surface area contributed by atoms with E-state index in [1.165, 1.54) is 0 Å². The predicted molar refractivity (Wildman–Crippen MR) is 79.1 cm³/mol. The number of benzene rings is 1. The second-order valence-electron chi connectivity index (χ2n) is 6.51. The van der Waals surface area contributed by atoms with Gasteiger partial charge in [-0.1, -0.05) is 0 Å². The van der Waals surface area contributed by atoms with Crippen molar-refractivity contribution in [2.45, 2.75) is 52.7 Å². The molecule has 0 aliphatic carbocycles. The number of ether oxygens (including phenoxy) is 4. The first kappa shape index (κ1) is 16.8. The molecule has 20 heavy (non-hydrogen) atoms. The molecule has 4 heteroatoms. The molecule has 4 nitrogen and oxygen atoms in total. The number of hydrogen-bond acceptors (Lipinski definition) is 4. The molecule has 0 fully saturated rings. The smallest absolute Gasteiger partial charge is 0.189 e. The van der Waals surface area contributed by atoms with Gasteiger partial charge in [-0.05, 0) is 65.8 Å². The first-order chi connectivity index (χ1) is 9.16. The zero-order valence-corrected chi connectivity index (χ0v) is 13.4. The lowest BCUT2D eigenvalue weighted by atomic mass is 10.2. The van der Waals surface area contributed by atoms with E-state index >= 15 is 0 Å². The largest absolute Gasteiger partial charge is 0.468 e. The maximum atomic E-state index is 5.49. The van der Waals surface area contributed by atoms with E-state index in [0.717, 1.165) is 11.5 Å². The minimum absolute atomic E-state index is 0.201. The SMILES string of the molecule is CC(C)(C)OCOc1ccc(OCOC(C)(C)C)cc1.